The Hall–Kier alpha value is -2.75. The number of hydrogen-bond acceptors (Lipinski definition) is 4. The third kappa shape index (κ3) is 2.23. The molecule has 2 aromatic carbocycles. The van der Waals surface area contributed by atoms with Crippen molar-refractivity contribution in [3.8, 4) is 17.2 Å². The molecule has 0 amide bonds. The number of phenols is 2. The van der Waals surface area contributed by atoms with Gasteiger partial charge in [0, 0.05) is 11.6 Å². The molecule has 4 heteroatoms. The van der Waals surface area contributed by atoms with Gasteiger partial charge in [0.2, 0.25) is 0 Å². The number of ketones is 1. The molecule has 0 saturated carbocycles. The van der Waals surface area contributed by atoms with Crippen LogP contribution in [0.2, 0.25) is 0 Å². The highest BCUT2D eigenvalue weighted by Crippen LogP contribution is 2.31. The smallest absolute Gasteiger partial charge is 0.196 e. The standard InChI is InChI=1S/C16H12O4/c17-12-3-1-10(2-4-12)7-11-9-20-15-8-13(18)5-6-14(15)16(11)19/h1-8,17-18H,9H2/b11-7-. The summed E-state index contributed by atoms with van der Waals surface area (Å²) < 4.78 is 5.48. The van der Waals surface area contributed by atoms with Gasteiger partial charge < -0.3 is 14.9 Å². The number of carbonyl (C=O) groups excluding carboxylic acids is 1. The molecule has 20 heavy (non-hydrogen) atoms. The van der Waals surface area contributed by atoms with Crippen LogP contribution in [-0.4, -0.2) is 22.6 Å². The van der Waals surface area contributed by atoms with Crippen LogP contribution in [0, 0.1) is 0 Å². The molecule has 0 unspecified atom stereocenters. The molecule has 0 fully saturated rings. The Morgan fingerprint density at radius 2 is 1.70 bits per heavy atom. The zero-order valence-electron chi connectivity index (χ0n) is 10.5. The van der Waals surface area contributed by atoms with Crippen molar-refractivity contribution in [2.45, 2.75) is 0 Å². The molecule has 1 aliphatic heterocycles. The lowest BCUT2D eigenvalue weighted by Gasteiger charge is -2.18. The van der Waals surface area contributed by atoms with Crippen LogP contribution in [0.5, 0.6) is 17.2 Å². The number of Topliss-reactive ketones (excluding diaryl/α,β-unsaturated/α-hetero) is 1. The monoisotopic (exact) mass is 268 g/mol. The van der Waals surface area contributed by atoms with E-state index in [9.17, 15) is 15.0 Å². The largest absolute Gasteiger partial charge is 0.508 e. The van der Waals surface area contributed by atoms with Crippen LogP contribution < -0.4 is 4.74 Å². The van der Waals surface area contributed by atoms with Gasteiger partial charge in [-0.25, -0.2) is 0 Å². The third-order valence-electron chi connectivity index (χ3n) is 3.12. The van der Waals surface area contributed by atoms with Crippen molar-refractivity contribution in [1.82, 2.24) is 0 Å². The van der Waals surface area contributed by atoms with Crippen LogP contribution in [0.15, 0.2) is 48.0 Å². The second-order valence-corrected chi connectivity index (χ2v) is 4.56. The number of phenolic OH excluding ortho intramolecular Hbond substituents is 2. The van der Waals surface area contributed by atoms with Gasteiger partial charge in [-0.3, -0.25) is 4.79 Å². The molecule has 100 valence electrons. The van der Waals surface area contributed by atoms with Gasteiger partial charge in [0.15, 0.2) is 5.78 Å². The molecule has 0 radical (unpaired) electrons. The maximum atomic E-state index is 12.3. The molecule has 0 saturated heterocycles. The van der Waals surface area contributed by atoms with E-state index in [1.54, 1.807) is 36.4 Å². The van der Waals surface area contributed by atoms with Gasteiger partial charge in [0.25, 0.3) is 0 Å². The lowest BCUT2D eigenvalue weighted by atomic mass is 9.98. The van der Waals surface area contributed by atoms with E-state index in [0.717, 1.165) is 5.56 Å². The van der Waals surface area contributed by atoms with E-state index in [2.05, 4.69) is 0 Å². The summed E-state index contributed by atoms with van der Waals surface area (Å²) in [7, 11) is 0. The highest BCUT2D eigenvalue weighted by Gasteiger charge is 2.23. The fraction of sp³-hybridized carbons (Fsp3) is 0.0625. The molecular weight excluding hydrogens is 256 g/mol. The molecule has 2 aromatic rings. The maximum absolute atomic E-state index is 12.3. The molecule has 3 rings (SSSR count). The van der Waals surface area contributed by atoms with E-state index < -0.39 is 0 Å². The Morgan fingerprint density at radius 3 is 2.45 bits per heavy atom. The van der Waals surface area contributed by atoms with E-state index in [0.29, 0.717) is 16.9 Å². The van der Waals surface area contributed by atoms with Crippen molar-refractivity contribution in [1.29, 1.82) is 0 Å². The number of carbonyl (C=O) groups is 1. The Labute approximate surface area is 115 Å². The Bertz CT molecular complexity index is 699. The quantitative estimate of drug-likeness (QED) is 0.780. The zero-order valence-corrected chi connectivity index (χ0v) is 10.5. The van der Waals surface area contributed by atoms with Gasteiger partial charge in [0.1, 0.15) is 23.9 Å². The Kier molecular flexibility index (Phi) is 2.91. The van der Waals surface area contributed by atoms with E-state index >= 15 is 0 Å². The highest BCUT2D eigenvalue weighted by molar-refractivity contribution is 6.14. The van der Waals surface area contributed by atoms with Gasteiger partial charge in [-0.2, -0.15) is 0 Å². The van der Waals surface area contributed by atoms with E-state index in [4.69, 9.17) is 4.74 Å². The summed E-state index contributed by atoms with van der Waals surface area (Å²) in [6.07, 6.45) is 1.73. The summed E-state index contributed by atoms with van der Waals surface area (Å²) in [5.41, 5.74) is 1.80. The summed E-state index contributed by atoms with van der Waals surface area (Å²) in [4.78, 5) is 12.3. The third-order valence-corrected chi connectivity index (χ3v) is 3.12. The number of ether oxygens (including phenoxy) is 1. The van der Waals surface area contributed by atoms with Gasteiger partial charge in [-0.15, -0.1) is 0 Å². The molecule has 1 heterocycles. The van der Waals surface area contributed by atoms with Crippen LogP contribution in [-0.2, 0) is 0 Å². The number of benzene rings is 2. The van der Waals surface area contributed by atoms with Crippen LogP contribution in [0.1, 0.15) is 15.9 Å². The second-order valence-electron chi connectivity index (χ2n) is 4.56. The fourth-order valence-electron chi connectivity index (χ4n) is 2.09. The Balaban J connectivity index is 1.95. The summed E-state index contributed by atoms with van der Waals surface area (Å²) in [5, 5.41) is 18.6. The van der Waals surface area contributed by atoms with Crippen molar-refractivity contribution in [3.05, 3.63) is 59.2 Å². The molecule has 1 aliphatic rings. The minimum atomic E-state index is -0.112. The number of aromatic hydroxyl groups is 2. The lowest BCUT2D eigenvalue weighted by Crippen LogP contribution is -2.18. The van der Waals surface area contributed by atoms with Crippen molar-refractivity contribution in [2.24, 2.45) is 0 Å². The second kappa shape index (κ2) is 4.74. The lowest BCUT2D eigenvalue weighted by molar-refractivity contribution is 0.100. The number of hydrogen-bond donors (Lipinski definition) is 2. The topological polar surface area (TPSA) is 66.8 Å². The Morgan fingerprint density at radius 1 is 1.00 bits per heavy atom. The first-order valence-electron chi connectivity index (χ1n) is 6.13. The van der Waals surface area contributed by atoms with E-state index in [1.807, 2.05) is 0 Å². The van der Waals surface area contributed by atoms with Gasteiger partial charge >= 0.3 is 0 Å². The average Bonchev–Trinajstić information content (AvgIpc) is 2.44. The maximum Gasteiger partial charge on any atom is 0.196 e. The first-order chi connectivity index (χ1) is 9.63. The molecule has 0 bridgehead atoms. The van der Waals surface area contributed by atoms with Crippen LogP contribution in [0.25, 0.3) is 6.08 Å². The van der Waals surface area contributed by atoms with Crippen LogP contribution >= 0.6 is 0 Å². The summed E-state index contributed by atoms with van der Waals surface area (Å²) >= 11 is 0. The molecule has 0 aromatic heterocycles. The van der Waals surface area contributed by atoms with E-state index in [-0.39, 0.29) is 23.9 Å². The minimum absolute atomic E-state index is 0.0718. The first-order valence-corrected chi connectivity index (χ1v) is 6.13. The molecule has 2 N–H and O–H groups in total. The highest BCUT2D eigenvalue weighted by atomic mass is 16.5. The van der Waals surface area contributed by atoms with Crippen molar-refractivity contribution in [3.63, 3.8) is 0 Å². The number of fused-ring (bicyclic) bond motifs is 1. The summed E-state index contributed by atoms with van der Waals surface area (Å²) in [5.74, 6) is 0.541. The summed E-state index contributed by atoms with van der Waals surface area (Å²) in [6.45, 7) is 0.163. The van der Waals surface area contributed by atoms with Gasteiger partial charge in [-0.05, 0) is 35.9 Å². The van der Waals surface area contributed by atoms with Gasteiger partial charge in [0.05, 0.1) is 5.56 Å². The SMILES string of the molecule is O=C1/C(=C\c2ccc(O)cc2)COc2cc(O)ccc21. The number of rotatable bonds is 1. The molecule has 4 nitrogen and oxygen atoms in total. The first kappa shape index (κ1) is 12.3. The van der Waals surface area contributed by atoms with Crippen molar-refractivity contribution < 1.29 is 19.7 Å². The van der Waals surface area contributed by atoms with E-state index in [1.165, 1.54) is 12.1 Å². The average molecular weight is 268 g/mol. The minimum Gasteiger partial charge on any atom is -0.508 e. The summed E-state index contributed by atoms with van der Waals surface area (Å²) in [6, 6.07) is 11.0. The molecule has 0 aliphatic carbocycles. The van der Waals surface area contributed by atoms with Crippen LogP contribution in [0.4, 0.5) is 0 Å². The van der Waals surface area contributed by atoms with Crippen LogP contribution in [0.3, 0.4) is 0 Å². The fourth-order valence-corrected chi connectivity index (χ4v) is 2.09. The van der Waals surface area contributed by atoms with Crippen molar-refractivity contribution >= 4 is 11.9 Å². The zero-order chi connectivity index (χ0) is 14.1. The normalized spacial score (nSPS) is 15.8. The molecule has 0 spiro atoms. The predicted molar refractivity (Wildman–Crippen MR) is 74.0 cm³/mol. The molecule has 0 atom stereocenters. The predicted octanol–water partition coefficient (Wildman–Crippen LogP) is 2.76. The van der Waals surface area contributed by atoms with Crippen molar-refractivity contribution in [2.75, 3.05) is 6.61 Å². The van der Waals surface area contributed by atoms with Gasteiger partial charge in [-0.1, -0.05) is 12.1 Å². The molecular formula is C16H12O4.